The first-order chi connectivity index (χ1) is 7.97. The van der Waals surface area contributed by atoms with Crippen molar-refractivity contribution in [3.63, 3.8) is 0 Å². The number of nitrogens with one attached hydrogen (secondary N) is 1. The molecule has 0 aromatic rings. The van der Waals surface area contributed by atoms with Crippen molar-refractivity contribution in [3.05, 3.63) is 0 Å². The van der Waals surface area contributed by atoms with Gasteiger partial charge < -0.3 is 15.8 Å². The molecule has 1 rings (SSSR count). The lowest BCUT2D eigenvalue weighted by atomic mass is 9.95. The molecule has 106 valence electrons. The molecule has 0 spiro atoms. The van der Waals surface area contributed by atoms with Gasteiger partial charge in [-0.05, 0) is 32.1 Å². The summed E-state index contributed by atoms with van der Waals surface area (Å²) in [5.41, 5.74) is 5.73. The van der Waals surface area contributed by atoms with Gasteiger partial charge in [-0.2, -0.15) is 0 Å². The number of carbonyl (C=O) groups excluding carboxylic acids is 1. The van der Waals surface area contributed by atoms with E-state index in [-0.39, 0.29) is 23.6 Å². The molecule has 3 atom stereocenters. The monoisotopic (exact) mass is 256 g/mol. The van der Waals surface area contributed by atoms with E-state index in [4.69, 9.17) is 10.5 Å². The largest absolute Gasteiger partial charge is 0.444 e. The van der Waals surface area contributed by atoms with Crippen LogP contribution >= 0.6 is 0 Å². The first-order valence-electron chi connectivity index (χ1n) is 6.72. The fraction of sp³-hybridized carbons (Fsp3) is 0.929. The lowest BCUT2D eigenvalue weighted by Crippen LogP contribution is -2.44. The van der Waals surface area contributed by atoms with Crippen molar-refractivity contribution in [1.29, 1.82) is 0 Å². The Bertz CT molecular complexity index is 318. The lowest BCUT2D eigenvalue weighted by molar-refractivity contribution is 0.0477. The molecule has 18 heavy (non-hydrogen) atoms. The van der Waals surface area contributed by atoms with Crippen LogP contribution in [0.4, 0.5) is 4.79 Å². The van der Waals surface area contributed by atoms with Crippen molar-refractivity contribution in [1.82, 2.24) is 5.32 Å². The highest BCUT2D eigenvalue weighted by molar-refractivity contribution is 5.68. The maximum absolute atomic E-state index is 11.8. The van der Waals surface area contributed by atoms with Crippen LogP contribution in [0.3, 0.4) is 0 Å². The van der Waals surface area contributed by atoms with Crippen LogP contribution in [0.15, 0.2) is 0 Å². The minimum absolute atomic E-state index is 0.0739. The summed E-state index contributed by atoms with van der Waals surface area (Å²) in [5, 5.41) is 2.98. The predicted molar refractivity (Wildman–Crippen MR) is 73.2 cm³/mol. The average molecular weight is 256 g/mol. The van der Waals surface area contributed by atoms with E-state index < -0.39 is 5.60 Å². The zero-order valence-corrected chi connectivity index (χ0v) is 12.7. The van der Waals surface area contributed by atoms with E-state index in [1.54, 1.807) is 0 Å². The van der Waals surface area contributed by atoms with E-state index in [0.717, 1.165) is 0 Å². The number of rotatable bonds is 3. The molecule has 0 saturated heterocycles. The van der Waals surface area contributed by atoms with Crippen LogP contribution in [0, 0.1) is 17.3 Å². The van der Waals surface area contributed by atoms with Gasteiger partial charge in [0, 0.05) is 18.0 Å². The maximum atomic E-state index is 11.8. The summed E-state index contributed by atoms with van der Waals surface area (Å²) in [5.74, 6) is 0.667. The van der Waals surface area contributed by atoms with Gasteiger partial charge in [0.15, 0.2) is 0 Å². The second-order valence-corrected chi connectivity index (χ2v) is 7.29. The number of ether oxygens (including phenoxy) is 1. The highest BCUT2D eigenvalue weighted by atomic mass is 16.6. The summed E-state index contributed by atoms with van der Waals surface area (Å²) in [6, 6.07) is 0.227. The van der Waals surface area contributed by atoms with Crippen molar-refractivity contribution in [3.8, 4) is 0 Å². The molecule has 4 nitrogen and oxygen atoms in total. The highest BCUT2D eigenvalue weighted by Gasteiger charge is 2.59. The van der Waals surface area contributed by atoms with Gasteiger partial charge in [-0.1, -0.05) is 27.7 Å². The van der Waals surface area contributed by atoms with Crippen LogP contribution in [-0.4, -0.2) is 23.8 Å². The third-order valence-electron chi connectivity index (χ3n) is 3.78. The quantitative estimate of drug-likeness (QED) is 0.815. The Labute approximate surface area is 111 Å². The van der Waals surface area contributed by atoms with E-state index >= 15 is 0 Å². The summed E-state index contributed by atoms with van der Waals surface area (Å²) in [6.07, 6.45) is -0.351. The first-order valence-corrected chi connectivity index (χ1v) is 6.72. The van der Waals surface area contributed by atoms with E-state index in [9.17, 15) is 4.79 Å². The normalized spacial score (nSPS) is 27.8. The van der Waals surface area contributed by atoms with Gasteiger partial charge in [0.2, 0.25) is 0 Å². The molecule has 0 radical (unpaired) electrons. The second-order valence-electron chi connectivity index (χ2n) is 7.29. The van der Waals surface area contributed by atoms with E-state index in [1.807, 2.05) is 20.8 Å². The molecular formula is C14H28N2O2. The molecule has 1 aliphatic rings. The van der Waals surface area contributed by atoms with Crippen LogP contribution < -0.4 is 11.1 Å². The predicted octanol–water partition coefficient (Wildman–Crippen LogP) is 2.52. The summed E-state index contributed by atoms with van der Waals surface area (Å²) in [7, 11) is 0. The number of alkyl carbamates (subject to hydrolysis) is 1. The number of amides is 1. The molecule has 0 aromatic carbocycles. The Morgan fingerprint density at radius 3 is 2.06 bits per heavy atom. The van der Waals surface area contributed by atoms with Crippen LogP contribution in [0.25, 0.3) is 0 Å². The average Bonchev–Trinajstić information content (AvgIpc) is 2.59. The first kappa shape index (κ1) is 15.3. The van der Waals surface area contributed by atoms with Crippen molar-refractivity contribution < 1.29 is 9.53 Å². The molecule has 0 heterocycles. The Hall–Kier alpha value is -0.770. The number of hydrogen-bond donors (Lipinski definition) is 2. The van der Waals surface area contributed by atoms with Crippen molar-refractivity contribution in [2.24, 2.45) is 23.0 Å². The summed E-state index contributed by atoms with van der Waals surface area (Å²) >= 11 is 0. The van der Waals surface area contributed by atoms with Crippen LogP contribution in [0.2, 0.25) is 0 Å². The van der Waals surface area contributed by atoms with Gasteiger partial charge in [-0.25, -0.2) is 4.79 Å². The van der Waals surface area contributed by atoms with Gasteiger partial charge >= 0.3 is 6.09 Å². The highest BCUT2D eigenvalue weighted by Crippen LogP contribution is 2.53. The Morgan fingerprint density at radius 2 is 1.78 bits per heavy atom. The van der Waals surface area contributed by atoms with Gasteiger partial charge in [0.1, 0.15) is 5.60 Å². The lowest BCUT2D eigenvalue weighted by Gasteiger charge is -2.26. The minimum Gasteiger partial charge on any atom is -0.444 e. The number of carbonyl (C=O) groups is 1. The zero-order valence-electron chi connectivity index (χ0n) is 12.7. The molecule has 3 unspecified atom stereocenters. The van der Waals surface area contributed by atoms with Crippen LogP contribution in [0.5, 0.6) is 0 Å². The van der Waals surface area contributed by atoms with Crippen LogP contribution in [-0.2, 0) is 4.74 Å². The number of nitrogens with two attached hydrogens (primary N) is 1. The number of hydrogen-bond acceptors (Lipinski definition) is 3. The molecular weight excluding hydrogens is 228 g/mol. The molecule has 1 amide bonds. The fourth-order valence-corrected chi connectivity index (χ4v) is 2.52. The third kappa shape index (κ3) is 3.37. The molecule has 1 aliphatic carbocycles. The van der Waals surface area contributed by atoms with Gasteiger partial charge in [0.05, 0.1) is 0 Å². The summed E-state index contributed by atoms with van der Waals surface area (Å²) in [6.45, 7) is 14.1. The Balaban J connectivity index is 2.64. The fourth-order valence-electron chi connectivity index (χ4n) is 2.52. The van der Waals surface area contributed by atoms with Gasteiger partial charge in [-0.3, -0.25) is 0 Å². The summed E-state index contributed by atoms with van der Waals surface area (Å²) in [4.78, 5) is 11.8. The molecule has 4 heteroatoms. The maximum Gasteiger partial charge on any atom is 0.407 e. The van der Waals surface area contributed by atoms with Crippen molar-refractivity contribution in [2.75, 3.05) is 0 Å². The second kappa shape index (κ2) is 4.72. The third-order valence-corrected chi connectivity index (χ3v) is 3.78. The molecule has 0 bridgehead atoms. The van der Waals surface area contributed by atoms with Gasteiger partial charge in [0.25, 0.3) is 0 Å². The SMILES string of the molecule is CC(C)C(NC(=O)OC(C)(C)C)C1C(N)C1(C)C. The standard InChI is InChI=1S/C14H28N2O2/c1-8(2)10(9-11(15)14(9,6)7)16-12(17)18-13(3,4)5/h8-11H,15H2,1-7H3,(H,16,17). The molecule has 1 saturated carbocycles. The minimum atomic E-state index is -0.465. The van der Waals surface area contributed by atoms with Gasteiger partial charge in [-0.15, -0.1) is 0 Å². The van der Waals surface area contributed by atoms with Crippen molar-refractivity contribution >= 4 is 6.09 Å². The topological polar surface area (TPSA) is 64.3 Å². The van der Waals surface area contributed by atoms with E-state index in [1.165, 1.54) is 0 Å². The Morgan fingerprint density at radius 1 is 1.33 bits per heavy atom. The zero-order chi connectivity index (χ0) is 14.3. The van der Waals surface area contributed by atoms with E-state index in [2.05, 4.69) is 33.0 Å². The van der Waals surface area contributed by atoms with E-state index in [0.29, 0.717) is 11.8 Å². The molecule has 0 aliphatic heterocycles. The molecule has 1 fully saturated rings. The smallest absolute Gasteiger partial charge is 0.407 e. The van der Waals surface area contributed by atoms with Crippen LogP contribution in [0.1, 0.15) is 48.5 Å². The molecule has 3 N–H and O–H groups in total. The summed E-state index contributed by atoms with van der Waals surface area (Å²) < 4.78 is 5.31. The molecule has 0 aromatic heterocycles. The Kier molecular flexibility index (Phi) is 4.01. The van der Waals surface area contributed by atoms with Crippen molar-refractivity contribution in [2.45, 2.75) is 66.2 Å².